The summed E-state index contributed by atoms with van der Waals surface area (Å²) in [4.78, 5) is 16.9. The van der Waals surface area contributed by atoms with Crippen LogP contribution in [0.2, 0.25) is 0 Å². The fourth-order valence-electron chi connectivity index (χ4n) is 2.50. The van der Waals surface area contributed by atoms with Crippen LogP contribution in [0.25, 0.3) is 11.0 Å². The lowest BCUT2D eigenvalue weighted by molar-refractivity contribution is 0.0941. The quantitative estimate of drug-likeness (QED) is 0.888. The Morgan fingerprint density at radius 1 is 1.52 bits per heavy atom. The van der Waals surface area contributed by atoms with E-state index in [1.54, 1.807) is 6.20 Å². The maximum Gasteiger partial charge on any atom is 0.253 e. The molecule has 6 heteroatoms. The zero-order valence-electron chi connectivity index (χ0n) is 12.7. The molecule has 0 aromatic carbocycles. The fraction of sp³-hybridized carbons (Fsp3) is 0.533. The van der Waals surface area contributed by atoms with Gasteiger partial charge in [-0.2, -0.15) is 5.10 Å². The highest BCUT2D eigenvalue weighted by atomic mass is 16.1. The van der Waals surface area contributed by atoms with Gasteiger partial charge in [-0.25, -0.2) is 9.67 Å². The van der Waals surface area contributed by atoms with Crippen molar-refractivity contribution in [2.45, 2.75) is 26.8 Å². The summed E-state index contributed by atoms with van der Waals surface area (Å²) in [7, 11) is 0. The first-order valence-electron chi connectivity index (χ1n) is 7.40. The third-order valence-electron chi connectivity index (χ3n) is 3.91. The van der Waals surface area contributed by atoms with Crippen LogP contribution in [0.4, 0.5) is 0 Å². The van der Waals surface area contributed by atoms with Gasteiger partial charge in [-0.3, -0.25) is 4.79 Å². The molecule has 1 saturated heterocycles. The van der Waals surface area contributed by atoms with Crippen LogP contribution in [0, 0.1) is 12.8 Å². The number of pyridine rings is 1. The number of hydrogen-bond donors (Lipinski definition) is 2. The molecule has 2 N–H and O–H groups in total. The van der Waals surface area contributed by atoms with Crippen LogP contribution in [-0.4, -0.2) is 40.3 Å². The number of nitrogens with one attached hydrogen (secondary N) is 2. The maximum absolute atomic E-state index is 12.3. The predicted octanol–water partition coefficient (Wildman–Crippen LogP) is 1.27. The Bertz CT molecular complexity index is 672. The Balaban J connectivity index is 1.84. The molecule has 2 aromatic heterocycles. The molecule has 0 aliphatic carbocycles. The molecule has 0 bridgehead atoms. The average molecular weight is 287 g/mol. The van der Waals surface area contributed by atoms with Gasteiger partial charge in [-0.15, -0.1) is 0 Å². The number of carbonyl (C=O) groups is 1. The van der Waals surface area contributed by atoms with E-state index in [9.17, 15) is 4.79 Å². The highest BCUT2D eigenvalue weighted by Gasteiger charge is 2.19. The second-order valence-corrected chi connectivity index (χ2v) is 5.95. The molecule has 3 rings (SSSR count). The Kier molecular flexibility index (Phi) is 3.63. The summed E-state index contributed by atoms with van der Waals surface area (Å²) < 4.78 is 1.88. The average Bonchev–Trinajstić information content (AvgIpc) is 2.78. The van der Waals surface area contributed by atoms with E-state index in [1.807, 2.05) is 17.7 Å². The molecule has 1 fully saturated rings. The van der Waals surface area contributed by atoms with E-state index in [0.717, 1.165) is 29.8 Å². The van der Waals surface area contributed by atoms with Gasteiger partial charge in [0.05, 0.1) is 17.5 Å². The van der Waals surface area contributed by atoms with Crippen molar-refractivity contribution in [1.29, 1.82) is 0 Å². The summed E-state index contributed by atoms with van der Waals surface area (Å²) in [6, 6.07) is 2.14. The maximum atomic E-state index is 12.3. The van der Waals surface area contributed by atoms with Gasteiger partial charge in [0.2, 0.25) is 0 Å². The minimum Gasteiger partial charge on any atom is -0.352 e. The first kappa shape index (κ1) is 14.0. The Labute approximate surface area is 123 Å². The Hall–Kier alpha value is -1.95. The van der Waals surface area contributed by atoms with Crippen molar-refractivity contribution in [3.05, 3.63) is 23.5 Å². The van der Waals surface area contributed by atoms with Gasteiger partial charge >= 0.3 is 0 Å². The van der Waals surface area contributed by atoms with Crippen molar-refractivity contribution < 1.29 is 4.79 Å². The second-order valence-electron chi connectivity index (χ2n) is 5.95. The zero-order valence-corrected chi connectivity index (χ0v) is 12.7. The van der Waals surface area contributed by atoms with Gasteiger partial charge in [-0.05, 0) is 26.8 Å². The molecule has 0 unspecified atom stereocenters. The summed E-state index contributed by atoms with van der Waals surface area (Å²) >= 11 is 0. The summed E-state index contributed by atoms with van der Waals surface area (Å²) in [6.45, 7) is 8.69. The van der Waals surface area contributed by atoms with Crippen LogP contribution in [0.15, 0.2) is 12.3 Å². The first-order valence-corrected chi connectivity index (χ1v) is 7.40. The molecule has 0 saturated carbocycles. The predicted molar refractivity (Wildman–Crippen MR) is 81.3 cm³/mol. The standard InChI is InChI=1S/C15H21N5O/c1-9(2)20-14-12(8-18-20)4-13(10(3)19-14)15(21)17-7-11-5-16-6-11/h4,8-9,11,16H,5-7H2,1-3H3,(H,17,21). The minimum atomic E-state index is -0.0499. The molecule has 2 aromatic rings. The molecule has 112 valence electrons. The van der Waals surface area contributed by atoms with Crippen LogP contribution >= 0.6 is 0 Å². The molecule has 0 spiro atoms. The number of carbonyl (C=O) groups excluding carboxylic acids is 1. The number of fused-ring (bicyclic) bond motifs is 1. The Morgan fingerprint density at radius 2 is 2.29 bits per heavy atom. The molecule has 1 amide bonds. The molecule has 21 heavy (non-hydrogen) atoms. The number of hydrogen-bond acceptors (Lipinski definition) is 4. The van der Waals surface area contributed by atoms with E-state index in [4.69, 9.17) is 0 Å². The van der Waals surface area contributed by atoms with Gasteiger partial charge in [0.15, 0.2) is 5.65 Å². The molecule has 1 aliphatic rings. The summed E-state index contributed by atoms with van der Waals surface area (Å²) in [5.41, 5.74) is 2.22. The summed E-state index contributed by atoms with van der Waals surface area (Å²) in [5.74, 6) is 0.501. The third-order valence-corrected chi connectivity index (χ3v) is 3.91. The molecule has 0 atom stereocenters. The smallest absolute Gasteiger partial charge is 0.253 e. The van der Waals surface area contributed by atoms with E-state index in [0.29, 0.717) is 18.0 Å². The van der Waals surface area contributed by atoms with Crippen LogP contribution in [-0.2, 0) is 0 Å². The summed E-state index contributed by atoms with van der Waals surface area (Å²) in [5, 5.41) is 11.4. The molecular formula is C15H21N5O. The van der Waals surface area contributed by atoms with Gasteiger partial charge in [0.25, 0.3) is 5.91 Å². The number of nitrogens with zero attached hydrogens (tertiary/aromatic N) is 3. The lowest BCUT2D eigenvalue weighted by Gasteiger charge is -2.27. The van der Waals surface area contributed by atoms with Crippen molar-refractivity contribution in [2.75, 3.05) is 19.6 Å². The Morgan fingerprint density at radius 3 is 2.90 bits per heavy atom. The third kappa shape index (κ3) is 2.63. The van der Waals surface area contributed by atoms with Crippen molar-refractivity contribution >= 4 is 16.9 Å². The van der Waals surface area contributed by atoms with E-state index >= 15 is 0 Å². The van der Waals surface area contributed by atoms with Crippen molar-refractivity contribution in [3.63, 3.8) is 0 Å². The highest BCUT2D eigenvalue weighted by Crippen LogP contribution is 2.19. The molecule has 0 radical (unpaired) electrons. The van der Waals surface area contributed by atoms with E-state index in [-0.39, 0.29) is 11.9 Å². The SMILES string of the molecule is Cc1nc2c(cnn2C(C)C)cc1C(=O)NCC1CNC1. The van der Waals surface area contributed by atoms with Gasteiger partial charge < -0.3 is 10.6 Å². The van der Waals surface area contributed by atoms with Gasteiger partial charge in [0, 0.05) is 37.0 Å². The van der Waals surface area contributed by atoms with E-state index in [1.165, 1.54) is 0 Å². The number of aryl methyl sites for hydroxylation is 1. The van der Waals surface area contributed by atoms with E-state index < -0.39 is 0 Å². The van der Waals surface area contributed by atoms with Crippen LogP contribution in [0.1, 0.15) is 35.9 Å². The lowest BCUT2D eigenvalue weighted by atomic mass is 10.0. The zero-order chi connectivity index (χ0) is 15.0. The first-order chi connectivity index (χ1) is 10.1. The monoisotopic (exact) mass is 287 g/mol. The highest BCUT2D eigenvalue weighted by molar-refractivity contribution is 5.98. The van der Waals surface area contributed by atoms with Crippen molar-refractivity contribution in [3.8, 4) is 0 Å². The normalized spacial score (nSPS) is 15.4. The molecule has 6 nitrogen and oxygen atoms in total. The second kappa shape index (κ2) is 5.44. The minimum absolute atomic E-state index is 0.0499. The lowest BCUT2D eigenvalue weighted by Crippen LogP contribution is -2.48. The van der Waals surface area contributed by atoms with E-state index in [2.05, 4.69) is 34.6 Å². The molecular weight excluding hydrogens is 266 g/mol. The summed E-state index contributed by atoms with van der Waals surface area (Å²) in [6.07, 6.45) is 1.77. The van der Waals surface area contributed by atoms with Crippen LogP contribution in [0.3, 0.4) is 0 Å². The largest absolute Gasteiger partial charge is 0.352 e. The number of aromatic nitrogens is 3. The van der Waals surface area contributed by atoms with Crippen molar-refractivity contribution in [1.82, 2.24) is 25.4 Å². The molecule has 3 heterocycles. The molecule has 1 aliphatic heterocycles. The van der Waals surface area contributed by atoms with Gasteiger partial charge in [-0.1, -0.05) is 0 Å². The number of rotatable bonds is 4. The fourth-order valence-corrected chi connectivity index (χ4v) is 2.50. The number of amides is 1. The van der Waals surface area contributed by atoms with Gasteiger partial charge in [0.1, 0.15) is 0 Å². The van der Waals surface area contributed by atoms with Crippen LogP contribution < -0.4 is 10.6 Å². The topological polar surface area (TPSA) is 71.8 Å². The van der Waals surface area contributed by atoms with Crippen LogP contribution in [0.5, 0.6) is 0 Å². The van der Waals surface area contributed by atoms with Crippen molar-refractivity contribution in [2.24, 2.45) is 5.92 Å².